The highest BCUT2D eigenvalue weighted by molar-refractivity contribution is 7.12. The fourth-order valence-corrected chi connectivity index (χ4v) is 3.48. The maximum absolute atomic E-state index is 6.26. The van der Waals surface area contributed by atoms with Gasteiger partial charge in [0.15, 0.2) is 0 Å². The summed E-state index contributed by atoms with van der Waals surface area (Å²) < 4.78 is 0. The Balaban J connectivity index is 2.43. The quantitative estimate of drug-likeness (QED) is 0.849. The summed E-state index contributed by atoms with van der Waals surface area (Å²) in [6.45, 7) is 4.16. The molecule has 0 fully saturated rings. The highest BCUT2D eigenvalue weighted by atomic mass is 35.5. The Morgan fingerprint density at radius 1 is 1.06 bits per heavy atom. The molecule has 0 aliphatic carbocycles. The summed E-state index contributed by atoms with van der Waals surface area (Å²) in [5, 5.41) is 1.24. The average Bonchev–Trinajstić information content (AvgIpc) is 2.55. The standard InChI is InChI=1S/C13H13Cl2NS/c1-7-3-8(2)17-13(7)12(16)9-4-10(14)6-11(15)5-9/h3-6,12H,16H2,1-2H3. The van der Waals surface area contributed by atoms with Crippen LogP contribution in [0.5, 0.6) is 0 Å². The Bertz CT molecular complexity index is 528. The largest absolute Gasteiger partial charge is 0.320 e. The van der Waals surface area contributed by atoms with Crippen molar-refractivity contribution < 1.29 is 0 Å². The van der Waals surface area contributed by atoms with Crippen LogP contribution >= 0.6 is 34.5 Å². The second kappa shape index (κ2) is 4.99. The van der Waals surface area contributed by atoms with E-state index in [4.69, 9.17) is 28.9 Å². The second-order valence-corrected chi connectivity index (χ2v) is 6.25. The first-order chi connectivity index (χ1) is 7.97. The van der Waals surface area contributed by atoms with E-state index in [1.54, 1.807) is 17.4 Å². The van der Waals surface area contributed by atoms with Gasteiger partial charge < -0.3 is 5.73 Å². The van der Waals surface area contributed by atoms with Gasteiger partial charge in [0.1, 0.15) is 0 Å². The number of hydrogen-bond donors (Lipinski definition) is 1. The molecule has 1 unspecified atom stereocenters. The number of hydrogen-bond acceptors (Lipinski definition) is 2. The van der Waals surface area contributed by atoms with E-state index in [9.17, 15) is 0 Å². The number of nitrogens with two attached hydrogens (primary N) is 1. The van der Waals surface area contributed by atoms with Gasteiger partial charge >= 0.3 is 0 Å². The van der Waals surface area contributed by atoms with Gasteiger partial charge in [0, 0.05) is 19.8 Å². The van der Waals surface area contributed by atoms with Gasteiger partial charge in [-0.05, 0) is 49.2 Å². The lowest BCUT2D eigenvalue weighted by atomic mass is 10.0. The second-order valence-electron chi connectivity index (χ2n) is 4.08. The zero-order chi connectivity index (χ0) is 12.6. The van der Waals surface area contributed by atoms with E-state index < -0.39 is 0 Å². The van der Waals surface area contributed by atoms with Crippen LogP contribution in [0.4, 0.5) is 0 Å². The Morgan fingerprint density at radius 3 is 2.12 bits per heavy atom. The number of aryl methyl sites for hydroxylation is 2. The minimum atomic E-state index is -0.162. The molecule has 90 valence electrons. The van der Waals surface area contributed by atoms with Gasteiger partial charge in [-0.2, -0.15) is 0 Å². The van der Waals surface area contributed by atoms with Crippen molar-refractivity contribution in [2.75, 3.05) is 0 Å². The monoisotopic (exact) mass is 285 g/mol. The van der Waals surface area contributed by atoms with Crippen molar-refractivity contribution >= 4 is 34.5 Å². The molecule has 0 bridgehead atoms. The summed E-state index contributed by atoms with van der Waals surface area (Å²) in [4.78, 5) is 2.43. The van der Waals surface area contributed by atoms with Crippen LogP contribution in [0.15, 0.2) is 24.3 Å². The van der Waals surface area contributed by atoms with Gasteiger partial charge in [0.25, 0.3) is 0 Å². The molecule has 1 nitrogen and oxygen atoms in total. The minimum Gasteiger partial charge on any atom is -0.320 e. The highest BCUT2D eigenvalue weighted by Crippen LogP contribution is 2.32. The first-order valence-corrected chi connectivity index (χ1v) is 6.83. The number of benzene rings is 1. The SMILES string of the molecule is Cc1cc(C)c(C(N)c2cc(Cl)cc(Cl)c2)s1. The molecule has 1 atom stereocenters. The molecule has 0 spiro atoms. The lowest BCUT2D eigenvalue weighted by Crippen LogP contribution is -2.11. The van der Waals surface area contributed by atoms with Gasteiger partial charge in [-0.25, -0.2) is 0 Å². The molecular formula is C13H13Cl2NS. The Morgan fingerprint density at radius 2 is 1.65 bits per heavy atom. The molecule has 0 aliphatic heterocycles. The lowest BCUT2D eigenvalue weighted by Gasteiger charge is -2.12. The number of rotatable bonds is 2. The molecule has 4 heteroatoms. The summed E-state index contributed by atoms with van der Waals surface area (Å²) in [6.07, 6.45) is 0. The molecule has 2 rings (SSSR count). The zero-order valence-corrected chi connectivity index (χ0v) is 12.0. The minimum absolute atomic E-state index is 0.162. The van der Waals surface area contributed by atoms with Crippen LogP contribution in [0.25, 0.3) is 0 Å². The maximum atomic E-state index is 6.26. The third-order valence-corrected chi connectivity index (χ3v) is 4.28. The van der Waals surface area contributed by atoms with Gasteiger partial charge in [-0.3, -0.25) is 0 Å². The molecule has 0 amide bonds. The number of halogens is 2. The van der Waals surface area contributed by atoms with E-state index in [-0.39, 0.29) is 6.04 Å². The third kappa shape index (κ3) is 2.83. The molecule has 0 aliphatic rings. The van der Waals surface area contributed by atoms with Crippen LogP contribution in [0.1, 0.15) is 26.9 Å². The fourth-order valence-electron chi connectivity index (χ4n) is 1.87. The highest BCUT2D eigenvalue weighted by Gasteiger charge is 2.15. The van der Waals surface area contributed by atoms with E-state index in [0.29, 0.717) is 10.0 Å². The average molecular weight is 286 g/mol. The van der Waals surface area contributed by atoms with Gasteiger partial charge in [0.2, 0.25) is 0 Å². The summed E-state index contributed by atoms with van der Waals surface area (Å²) >= 11 is 13.7. The van der Waals surface area contributed by atoms with Crippen LogP contribution in [-0.4, -0.2) is 0 Å². The normalized spacial score (nSPS) is 12.8. The van der Waals surface area contributed by atoms with Crippen molar-refractivity contribution in [3.05, 3.63) is 55.2 Å². The van der Waals surface area contributed by atoms with Gasteiger partial charge in [0.05, 0.1) is 6.04 Å². The Hall–Kier alpha value is -0.540. The third-order valence-electron chi connectivity index (χ3n) is 2.61. The molecule has 0 radical (unpaired) electrons. The Kier molecular flexibility index (Phi) is 3.79. The van der Waals surface area contributed by atoms with Crippen LogP contribution in [-0.2, 0) is 0 Å². The van der Waals surface area contributed by atoms with Crippen LogP contribution in [0.3, 0.4) is 0 Å². The summed E-state index contributed by atoms with van der Waals surface area (Å²) in [7, 11) is 0. The summed E-state index contributed by atoms with van der Waals surface area (Å²) in [5.74, 6) is 0. The topological polar surface area (TPSA) is 26.0 Å². The lowest BCUT2D eigenvalue weighted by molar-refractivity contribution is 0.885. The fraction of sp³-hybridized carbons (Fsp3) is 0.231. The summed E-state index contributed by atoms with van der Waals surface area (Å²) in [6, 6.07) is 7.43. The zero-order valence-electron chi connectivity index (χ0n) is 9.63. The van der Waals surface area contributed by atoms with E-state index in [2.05, 4.69) is 19.9 Å². The molecule has 2 aromatic rings. The molecule has 0 saturated carbocycles. The van der Waals surface area contributed by atoms with E-state index in [1.165, 1.54) is 15.3 Å². The first kappa shape index (κ1) is 12.9. The van der Waals surface area contributed by atoms with Crippen molar-refractivity contribution in [1.82, 2.24) is 0 Å². The smallest absolute Gasteiger partial charge is 0.0649 e. The molecular weight excluding hydrogens is 273 g/mol. The van der Waals surface area contributed by atoms with E-state index in [1.807, 2.05) is 12.1 Å². The summed E-state index contributed by atoms with van der Waals surface area (Å²) in [5.41, 5.74) is 8.43. The van der Waals surface area contributed by atoms with Crippen LogP contribution < -0.4 is 5.73 Å². The molecule has 1 heterocycles. The Labute approximate surface area is 115 Å². The van der Waals surface area contributed by atoms with Crippen molar-refractivity contribution in [3.63, 3.8) is 0 Å². The molecule has 1 aromatic heterocycles. The van der Waals surface area contributed by atoms with Crippen molar-refractivity contribution in [1.29, 1.82) is 0 Å². The number of thiophene rings is 1. The predicted molar refractivity (Wildman–Crippen MR) is 76.3 cm³/mol. The van der Waals surface area contributed by atoms with Crippen LogP contribution in [0, 0.1) is 13.8 Å². The van der Waals surface area contributed by atoms with E-state index >= 15 is 0 Å². The van der Waals surface area contributed by atoms with Gasteiger partial charge in [-0.1, -0.05) is 23.2 Å². The molecule has 2 N–H and O–H groups in total. The predicted octanol–water partition coefficient (Wildman–Crippen LogP) is 4.72. The van der Waals surface area contributed by atoms with Crippen LogP contribution in [0.2, 0.25) is 10.0 Å². The van der Waals surface area contributed by atoms with Crippen molar-refractivity contribution in [2.24, 2.45) is 5.73 Å². The van der Waals surface area contributed by atoms with Crippen molar-refractivity contribution in [3.8, 4) is 0 Å². The van der Waals surface area contributed by atoms with Crippen molar-refractivity contribution in [2.45, 2.75) is 19.9 Å². The molecule has 1 aromatic carbocycles. The molecule has 0 saturated heterocycles. The van der Waals surface area contributed by atoms with E-state index in [0.717, 1.165) is 5.56 Å². The van der Waals surface area contributed by atoms with Gasteiger partial charge in [-0.15, -0.1) is 11.3 Å². The maximum Gasteiger partial charge on any atom is 0.0649 e. The first-order valence-electron chi connectivity index (χ1n) is 5.26. The molecule has 17 heavy (non-hydrogen) atoms.